The van der Waals surface area contributed by atoms with Gasteiger partial charge in [0.15, 0.2) is 0 Å². The fourth-order valence-electron chi connectivity index (χ4n) is 3.24. The molecule has 7 heteroatoms. The van der Waals surface area contributed by atoms with Gasteiger partial charge in [0.05, 0.1) is 11.3 Å². The van der Waals surface area contributed by atoms with Crippen LogP contribution in [0, 0.1) is 6.92 Å². The summed E-state index contributed by atoms with van der Waals surface area (Å²) in [6.07, 6.45) is 3.86. The third-order valence-electron chi connectivity index (χ3n) is 4.70. The molecule has 4 aromatic rings. The lowest BCUT2D eigenvalue weighted by Gasteiger charge is -2.11. The van der Waals surface area contributed by atoms with Gasteiger partial charge in [-0.3, -0.25) is 9.59 Å². The SMILES string of the molecule is CC(=O)Nc1ccc(NC(=O)c2ccccc2OCc2cn3cccc(C)c3n2)cc1. The standard InChI is InChI=1S/C24H22N4O3/c1-16-6-5-13-28-14-20(26-23(16)28)15-31-22-8-4-3-7-21(22)24(30)27-19-11-9-18(10-12-19)25-17(2)29/h3-14H,15H2,1-2H3,(H,25,29)(H,27,30). The normalized spacial score (nSPS) is 10.6. The van der Waals surface area contributed by atoms with Gasteiger partial charge in [-0.05, 0) is 55.0 Å². The second-order valence-electron chi connectivity index (χ2n) is 7.15. The smallest absolute Gasteiger partial charge is 0.259 e. The molecule has 2 N–H and O–H groups in total. The molecule has 156 valence electrons. The molecule has 4 rings (SSSR count). The van der Waals surface area contributed by atoms with Crippen molar-refractivity contribution in [3.63, 3.8) is 0 Å². The van der Waals surface area contributed by atoms with Gasteiger partial charge < -0.3 is 19.8 Å². The second-order valence-corrected chi connectivity index (χ2v) is 7.15. The Morgan fingerprint density at radius 3 is 2.39 bits per heavy atom. The first-order valence-corrected chi connectivity index (χ1v) is 9.83. The molecule has 31 heavy (non-hydrogen) atoms. The van der Waals surface area contributed by atoms with Crippen LogP contribution in [0.3, 0.4) is 0 Å². The van der Waals surface area contributed by atoms with E-state index in [4.69, 9.17) is 4.74 Å². The lowest BCUT2D eigenvalue weighted by atomic mass is 10.1. The van der Waals surface area contributed by atoms with E-state index in [0.717, 1.165) is 16.9 Å². The molecule has 7 nitrogen and oxygen atoms in total. The van der Waals surface area contributed by atoms with E-state index in [2.05, 4.69) is 15.6 Å². The van der Waals surface area contributed by atoms with E-state index in [9.17, 15) is 9.59 Å². The average Bonchev–Trinajstić information content (AvgIpc) is 3.18. The average molecular weight is 414 g/mol. The van der Waals surface area contributed by atoms with Crippen molar-refractivity contribution >= 4 is 28.8 Å². The third-order valence-corrected chi connectivity index (χ3v) is 4.70. The predicted octanol–water partition coefficient (Wildman–Crippen LogP) is 4.43. The highest BCUT2D eigenvalue weighted by molar-refractivity contribution is 6.06. The number of nitrogens with zero attached hydrogens (tertiary/aromatic N) is 2. The number of ether oxygens (including phenoxy) is 1. The number of benzene rings is 2. The van der Waals surface area contributed by atoms with Crippen LogP contribution in [0.15, 0.2) is 73.1 Å². The van der Waals surface area contributed by atoms with Gasteiger partial charge in [-0.1, -0.05) is 18.2 Å². The zero-order chi connectivity index (χ0) is 21.8. The summed E-state index contributed by atoms with van der Waals surface area (Å²) in [5, 5.41) is 5.55. The summed E-state index contributed by atoms with van der Waals surface area (Å²) in [5.74, 6) is 0.0426. The number of nitrogens with one attached hydrogen (secondary N) is 2. The Balaban J connectivity index is 1.46. The number of fused-ring (bicyclic) bond motifs is 1. The van der Waals surface area contributed by atoms with E-state index >= 15 is 0 Å². The molecule has 0 unspecified atom stereocenters. The number of carbonyl (C=O) groups excluding carboxylic acids is 2. The van der Waals surface area contributed by atoms with Crippen molar-refractivity contribution in [2.75, 3.05) is 10.6 Å². The maximum absolute atomic E-state index is 12.8. The molecular weight excluding hydrogens is 392 g/mol. The van der Waals surface area contributed by atoms with Crippen molar-refractivity contribution < 1.29 is 14.3 Å². The summed E-state index contributed by atoms with van der Waals surface area (Å²) in [5.41, 5.74) is 4.45. The molecule has 2 aromatic heterocycles. The first-order chi connectivity index (χ1) is 15.0. The maximum atomic E-state index is 12.8. The molecule has 2 amide bonds. The number of hydrogen-bond acceptors (Lipinski definition) is 4. The quantitative estimate of drug-likeness (QED) is 0.489. The first kappa shape index (κ1) is 20.2. The number of para-hydroxylation sites is 1. The van der Waals surface area contributed by atoms with Crippen molar-refractivity contribution in [2.24, 2.45) is 0 Å². The van der Waals surface area contributed by atoms with Gasteiger partial charge >= 0.3 is 0 Å². The molecule has 0 saturated carbocycles. The molecule has 0 saturated heterocycles. The Labute approximate surface area is 179 Å². The van der Waals surface area contributed by atoms with Crippen LogP contribution in [0.5, 0.6) is 5.75 Å². The first-order valence-electron chi connectivity index (χ1n) is 9.83. The zero-order valence-corrected chi connectivity index (χ0v) is 17.3. The van der Waals surface area contributed by atoms with Gasteiger partial charge in [-0.2, -0.15) is 0 Å². The molecule has 2 heterocycles. The Morgan fingerprint density at radius 2 is 1.68 bits per heavy atom. The topological polar surface area (TPSA) is 84.7 Å². The summed E-state index contributed by atoms with van der Waals surface area (Å²) in [4.78, 5) is 28.5. The van der Waals surface area contributed by atoms with Gasteiger partial charge in [-0.15, -0.1) is 0 Å². The number of aryl methyl sites for hydroxylation is 1. The third kappa shape index (κ3) is 4.72. The van der Waals surface area contributed by atoms with E-state index < -0.39 is 0 Å². The number of aromatic nitrogens is 2. The fourth-order valence-corrected chi connectivity index (χ4v) is 3.24. The Hall–Kier alpha value is -4.13. The van der Waals surface area contributed by atoms with Gasteiger partial charge in [-0.25, -0.2) is 4.98 Å². The van der Waals surface area contributed by atoms with Crippen LogP contribution < -0.4 is 15.4 Å². The molecule has 0 radical (unpaired) electrons. The van der Waals surface area contributed by atoms with Crippen molar-refractivity contribution in [2.45, 2.75) is 20.5 Å². The van der Waals surface area contributed by atoms with E-state index in [1.54, 1.807) is 42.5 Å². The van der Waals surface area contributed by atoms with Crippen molar-refractivity contribution in [1.82, 2.24) is 9.38 Å². The van der Waals surface area contributed by atoms with Gasteiger partial charge in [0.2, 0.25) is 5.91 Å². The van der Waals surface area contributed by atoms with Crippen LogP contribution in [-0.4, -0.2) is 21.2 Å². The molecule has 0 fully saturated rings. The summed E-state index contributed by atoms with van der Waals surface area (Å²) >= 11 is 0. The Kier molecular flexibility index (Phi) is 5.66. The fraction of sp³-hybridized carbons (Fsp3) is 0.125. The number of amides is 2. The Bertz CT molecular complexity index is 1250. The second kappa shape index (κ2) is 8.71. The molecule has 0 spiro atoms. The van der Waals surface area contributed by atoms with Crippen molar-refractivity contribution in [1.29, 1.82) is 0 Å². The molecule has 0 aliphatic rings. The van der Waals surface area contributed by atoms with Gasteiger partial charge in [0, 0.05) is 30.7 Å². The predicted molar refractivity (Wildman–Crippen MR) is 119 cm³/mol. The molecular formula is C24H22N4O3. The number of carbonyl (C=O) groups is 2. The zero-order valence-electron chi connectivity index (χ0n) is 17.3. The summed E-state index contributed by atoms with van der Waals surface area (Å²) < 4.78 is 7.89. The van der Waals surface area contributed by atoms with Crippen molar-refractivity contribution in [3.05, 3.63) is 89.9 Å². The molecule has 0 bridgehead atoms. The van der Waals surface area contributed by atoms with E-state index in [0.29, 0.717) is 22.7 Å². The van der Waals surface area contributed by atoms with Crippen LogP contribution in [0.1, 0.15) is 28.5 Å². The van der Waals surface area contributed by atoms with E-state index in [1.165, 1.54) is 6.92 Å². The number of rotatable bonds is 6. The number of anilines is 2. The highest BCUT2D eigenvalue weighted by Crippen LogP contribution is 2.22. The maximum Gasteiger partial charge on any atom is 0.259 e. The number of hydrogen-bond donors (Lipinski definition) is 2. The highest BCUT2D eigenvalue weighted by atomic mass is 16.5. The van der Waals surface area contributed by atoms with Crippen LogP contribution in [0.2, 0.25) is 0 Å². The van der Waals surface area contributed by atoms with Crippen molar-refractivity contribution in [3.8, 4) is 5.75 Å². The lowest BCUT2D eigenvalue weighted by Crippen LogP contribution is -2.14. The molecule has 0 atom stereocenters. The minimum absolute atomic E-state index is 0.149. The number of imidazole rings is 1. The summed E-state index contributed by atoms with van der Waals surface area (Å²) in [6.45, 7) is 3.70. The highest BCUT2D eigenvalue weighted by Gasteiger charge is 2.13. The molecule has 2 aromatic carbocycles. The van der Waals surface area contributed by atoms with E-state index in [1.807, 2.05) is 41.9 Å². The summed E-state index contributed by atoms with van der Waals surface area (Å²) in [7, 11) is 0. The number of pyridine rings is 1. The Morgan fingerprint density at radius 1 is 0.968 bits per heavy atom. The van der Waals surface area contributed by atoms with Crippen LogP contribution >= 0.6 is 0 Å². The van der Waals surface area contributed by atoms with Crippen LogP contribution in [0.4, 0.5) is 11.4 Å². The van der Waals surface area contributed by atoms with Crippen LogP contribution in [0.25, 0.3) is 5.65 Å². The van der Waals surface area contributed by atoms with Crippen LogP contribution in [-0.2, 0) is 11.4 Å². The van der Waals surface area contributed by atoms with Gasteiger partial charge in [0.1, 0.15) is 18.0 Å². The minimum Gasteiger partial charge on any atom is -0.486 e. The largest absolute Gasteiger partial charge is 0.486 e. The lowest BCUT2D eigenvalue weighted by molar-refractivity contribution is -0.114. The molecule has 0 aliphatic carbocycles. The monoisotopic (exact) mass is 414 g/mol. The summed E-state index contributed by atoms with van der Waals surface area (Å²) in [6, 6.07) is 18.0. The minimum atomic E-state index is -0.284. The van der Waals surface area contributed by atoms with Gasteiger partial charge in [0.25, 0.3) is 5.91 Å². The molecule has 0 aliphatic heterocycles. The van der Waals surface area contributed by atoms with E-state index in [-0.39, 0.29) is 18.4 Å².